The Balaban J connectivity index is 1.43. The average Bonchev–Trinajstić information content (AvgIpc) is 3.02. The molecule has 0 spiro atoms. The van der Waals surface area contributed by atoms with Crippen LogP contribution in [0.3, 0.4) is 0 Å². The molecule has 3 saturated carbocycles. The summed E-state index contributed by atoms with van der Waals surface area (Å²) in [5, 5.41) is 0.619. The van der Waals surface area contributed by atoms with Crippen molar-refractivity contribution in [1.82, 2.24) is 0 Å². The Morgan fingerprint density at radius 1 is 1.07 bits per heavy atom. The van der Waals surface area contributed by atoms with Crippen LogP contribution in [0.15, 0.2) is 11.6 Å². The third kappa shape index (κ3) is 3.89. The molecule has 0 radical (unpaired) electrons. The van der Waals surface area contributed by atoms with Crippen LogP contribution in [0.5, 0.6) is 0 Å². The minimum absolute atomic E-state index is 0.507. The van der Waals surface area contributed by atoms with E-state index < -0.39 is 0 Å². The van der Waals surface area contributed by atoms with Crippen molar-refractivity contribution in [3.63, 3.8) is 0 Å². The first-order valence-electron chi connectivity index (χ1n) is 13.2. The highest BCUT2D eigenvalue weighted by Crippen LogP contribution is 2.66. The summed E-state index contributed by atoms with van der Waals surface area (Å²) in [7, 11) is 0. The second kappa shape index (κ2) is 8.55. The van der Waals surface area contributed by atoms with Crippen molar-refractivity contribution >= 4 is 12.6 Å². The lowest BCUT2D eigenvalue weighted by atomic mass is 9.47. The van der Waals surface area contributed by atoms with Gasteiger partial charge in [0.05, 0.1) is 0 Å². The highest BCUT2D eigenvalue weighted by atomic mass is 32.1. The highest BCUT2D eigenvalue weighted by molar-refractivity contribution is 7.80. The highest BCUT2D eigenvalue weighted by Gasteiger charge is 2.58. The first-order chi connectivity index (χ1) is 13.8. The van der Waals surface area contributed by atoms with E-state index in [1.54, 1.807) is 5.57 Å². The first kappa shape index (κ1) is 22.3. The van der Waals surface area contributed by atoms with Gasteiger partial charge in [0.2, 0.25) is 0 Å². The van der Waals surface area contributed by atoms with Gasteiger partial charge in [-0.15, -0.1) is 0 Å². The molecule has 0 aromatic carbocycles. The van der Waals surface area contributed by atoms with E-state index in [0.717, 1.165) is 35.5 Å². The van der Waals surface area contributed by atoms with Gasteiger partial charge >= 0.3 is 0 Å². The standard InChI is InChI=1S/C28H48S/c1-6-20(19(2)3)8-7-9-21-11-13-25-24-12-10-22-18-23(29)14-16-28(22,5)26(24)15-17-27(21,25)4/h10,19-21,23-26,29H,6-9,11-18H2,1-5H3. The molecule has 0 aromatic rings. The van der Waals surface area contributed by atoms with Crippen molar-refractivity contribution in [2.24, 2.45) is 46.3 Å². The second-order valence-electron chi connectivity index (χ2n) is 12.3. The van der Waals surface area contributed by atoms with Crippen LogP contribution in [0.1, 0.15) is 112 Å². The average molecular weight is 417 g/mol. The number of thiol groups is 1. The van der Waals surface area contributed by atoms with E-state index in [9.17, 15) is 0 Å². The van der Waals surface area contributed by atoms with Crippen molar-refractivity contribution in [1.29, 1.82) is 0 Å². The van der Waals surface area contributed by atoms with Gasteiger partial charge in [0.15, 0.2) is 0 Å². The maximum absolute atomic E-state index is 4.84. The molecular formula is C28H48S. The Morgan fingerprint density at radius 2 is 1.86 bits per heavy atom. The SMILES string of the molecule is CCC(CCCC1CCC2C3CC=C4CC(S)CCC4(C)C3CCC12C)C(C)C. The maximum atomic E-state index is 4.84. The summed E-state index contributed by atoms with van der Waals surface area (Å²) < 4.78 is 0. The second-order valence-corrected chi connectivity index (χ2v) is 13.0. The monoisotopic (exact) mass is 416 g/mol. The predicted octanol–water partition coefficient (Wildman–Crippen LogP) is 8.72. The molecule has 0 bridgehead atoms. The number of allylic oxidation sites excluding steroid dienone is 2. The third-order valence-electron chi connectivity index (χ3n) is 10.9. The topological polar surface area (TPSA) is 0 Å². The fourth-order valence-corrected chi connectivity index (χ4v) is 9.19. The first-order valence-corrected chi connectivity index (χ1v) is 13.7. The van der Waals surface area contributed by atoms with E-state index in [-0.39, 0.29) is 0 Å². The van der Waals surface area contributed by atoms with Gasteiger partial charge in [-0.3, -0.25) is 0 Å². The van der Waals surface area contributed by atoms with Crippen LogP contribution < -0.4 is 0 Å². The van der Waals surface area contributed by atoms with Gasteiger partial charge < -0.3 is 0 Å². The lowest BCUT2D eigenvalue weighted by molar-refractivity contribution is -0.0423. The molecule has 0 heterocycles. The Morgan fingerprint density at radius 3 is 2.59 bits per heavy atom. The molecule has 8 unspecified atom stereocenters. The molecule has 8 atom stereocenters. The molecule has 0 amide bonds. The van der Waals surface area contributed by atoms with Crippen LogP contribution in [-0.4, -0.2) is 5.25 Å². The summed E-state index contributed by atoms with van der Waals surface area (Å²) in [5.74, 6) is 5.75. The Bertz CT molecular complexity index is 605. The van der Waals surface area contributed by atoms with Gasteiger partial charge in [-0.05, 0) is 104 Å². The summed E-state index contributed by atoms with van der Waals surface area (Å²) >= 11 is 4.84. The summed E-state index contributed by atoms with van der Waals surface area (Å²) in [6.45, 7) is 12.6. The molecule has 0 aliphatic heterocycles. The van der Waals surface area contributed by atoms with Crippen LogP contribution in [-0.2, 0) is 0 Å². The summed E-state index contributed by atoms with van der Waals surface area (Å²) in [6, 6.07) is 0. The Hall–Kier alpha value is 0.0900. The number of fused-ring (bicyclic) bond motifs is 5. The zero-order valence-corrected chi connectivity index (χ0v) is 20.9. The van der Waals surface area contributed by atoms with E-state index in [1.807, 2.05) is 0 Å². The minimum Gasteiger partial charge on any atom is -0.176 e. The lowest BCUT2D eigenvalue weighted by Gasteiger charge is -2.58. The number of hydrogen-bond donors (Lipinski definition) is 1. The van der Waals surface area contributed by atoms with E-state index in [0.29, 0.717) is 16.1 Å². The van der Waals surface area contributed by atoms with Gasteiger partial charge in [0.1, 0.15) is 0 Å². The van der Waals surface area contributed by atoms with Crippen molar-refractivity contribution in [2.45, 2.75) is 117 Å². The van der Waals surface area contributed by atoms with Crippen LogP contribution in [0.2, 0.25) is 0 Å². The summed E-state index contributed by atoms with van der Waals surface area (Å²) in [5.41, 5.74) is 2.94. The lowest BCUT2D eigenvalue weighted by Crippen LogP contribution is -2.50. The molecule has 0 aromatic heterocycles. The zero-order chi connectivity index (χ0) is 20.8. The quantitative estimate of drug-likeness (QED) is 0.325. The van der Waals surface area contributed by atoms with Gasteiger partial charge in [-0.1, -0.05) is 65.5 Å². The van der Waals surface area contributed by atoms with Gasteiger partial charge in [-0.25, -0.2) is 0 Å². The molecule has 166 valence electrons. The zero-order valence-electron chi connectivity index (χ0n) is 20.1. The number of rotatable bonds is 6. The minimum atomic E-state index is 0.507. The molecule has 4 aliphatic rings. The van der Waals surface area contributed by atoms with Crippen molar-refractivity contribution in [3.05, 3.63) is 11.6 Å². The van der Waals surface area contributed by atoms with Crippen LogP contribution in [0, 0.1) is 46.3 Å². The molecule has 0 saturated heterocycles. The molecule has 0 nitrogen and oxygen atoms in total. The van der Waals surface area contributed by atoms with Crippen LogP contribution in [0.25, 0.3) is 0 Å². The summed E-state index contributed by atoms with van der Waals surface area (Å²) in [6.07, 6.45) is 20.0. The van der Waals surface area contributed by atoms with Crippen LogP contribution in [0.4, 0.5) is 0 Å². The molecule has 0 N–H and O–H groups in total. The van der Waals surface area contributed by atoms with Gasteiger partial charge in [-0.2, -0.15) is 12.6 Å². The van der Waals surface area contributed by atoms with Gasteiger partial charge in [0.25, 0.3) is 0 Å². The van der Waals surface area contributed by atoms with E-state index in [1.165, 1.54) is 77.0 Å². The smallest absolute Gasteiger partial charge is 0.00545 e. The predicted molar refractivity (Wildman–Crippen MR) is 130 cm³/mol. The summed E-state index contributed by atoms with van der Waals surface area (Å²) in [4.78, 5) is 0. The molecule has 29 heavy (non-hydrogen) atoms. The fourth-order valence-electron chi connectivity index (χ4n) is 8.86. The van der Waals surface area contributed by atoms with E-state index in [2.05, 4.69) is 40.7 Å². The van der Waals surface area contributed by atoms with Crippen molar-refractivity contribution in [3.8, 4) is 0 Å². The van der Waals surface area contributed by atoms with Gasteiger partial charge in [0, 0.05) is 5.25 Å². The molecule has 4 rings (SSSR count). The maximum Gasteiger partial charge on any atom is 0.00545 e. The Labute approximate surface area is 187 Å². The van der Waals surface area contributed by atoms with Crippen molar-refractivity contribution < 1.29 is 0 Å². The molecular weight excluding hydrogens is 368 g/mol. The fraction of sp³-hybridized carbons (Fsp3) is 0.929. The molecule has 1 heteroatoms. The van der Waals surface area contributed by atoms with Crippen LogP contribution >= 0.6 is 12.6 Å². The largest absolute Gasteiger partial charge is 0.176 e. The van der Waals surface area contributed by atoms with E-state index in [4.69, 9.17) is 12.6 Å². The normalized spacial score (nSPS) is 45.3. The Kier molecular flexibility index (Phi) is 6.57. The van der Waals surface area contributed by atoms with Crippen molar-refractivity contribution in [2.75, 3.05) is 0 Å². The molecule has 4 aliphatic carbocycles. The number of hydrogen-bond acceptors (Lipinski definition) is 1. The molecule has 3 fully saturated rings. The van der Waals surface area contributed by atoms with E-state index >= 15 is 0 Å². The third-order valence-corrected chi connectivity index (χ3v) is 11.3.